The molecule has 1 aliphatic heterocycles. The molecule has 1 aliphatic rings. The first kappa shape index (κ1) is 18.6. The SMILES string of the molecule is [I-].c1ccc([P+](CCC2CO2)(c2ccccc2)c2ccccc2)cc1. The van der Waals surface area contributed by atoms with E-state index in [1.165, 1.54) is 15.9 Å². The molecule has 1 fully saturated rings. The van der Waals surface area contributed by atoms with E-state index in [4.69, 9.17) is 4.74 Å². The fourth-order valence-corrected chi connectivity index (χ4v) is 7.84. The Morgan fingerprint density at radius 1 is 0.680 bits per heavy atom. The van der Waals surface area contributed by atoms with Crippen molar-refractivity contribution in [3.8, 4) is 0 Å². The normalized spacial score (nSPS) is 16.1. The number of halogens is 1. The molecule has 3 heteroatoms. The van der Waals surface area contributed by atoms with Crippen LogP contribution in [0.2, 0.25) is 0 Å². The van der Waals surface area contributed by atoms with Crippen molar-refractivity contribution in [1.82, 2.24) is 0 Å². The molecule has 3 aromatic carbocycles. The molecule has 0 bridgehead atoms. The second kappa shape index (κ2) is 8.44. The van der Waals surface area contributed by atoms with Crippen LogP contribution in [0.3, 0.4) is 0 Å². The summed E-state index contributed by atoms with van der Waals surface area (Å²) in [6.07, 6.45) is 2.75. The molecule has 1 nitrogen and oxygen atoms in total. The van der Waals surface area contributed by atoms with Crippen molar-refractivity contribution in [3.63, 3.8) is 0 Å². The molecule has 0 N–H and O–H groups in total. The number of benzene rings is 3. The molecule has 25 heavy (non-hydrogen) atoms. The van der Waals surface area contributed by atoms with Crippen LogP contribution in [-0.2, 0) is 4.74 Å². The lowest BCUT2D eigenvalue weighted by molar-refractivity contribution is -0.00000505. The van der Waals surface area contributed by atoms with Gasteiger partial charge < -0.3 is 28.7 Å². The Hall–Kier alpha value is -1.22. The predicted molar refractivity (Wildman–Crippen MR) is 104 cm³/mol. The molecule has 1 saturated heterocycles. The van der Waals surface area contributed by atoms with Gasteiger partial charge in [0.1, 0.15) is 23.2 Å². The minimum absolute atomic E-state index is 0. The third-order valence-corrected chi connectivity index (χ3v) is 9.25. The molecule has 1 atom stereocenters. The van der Waals surface area contributed by atoms with Crippen molar-refractivity contribution in [2.75, 3.05) is 12.8 Å². The number of hydrogen-bond donors (Lipinski definition) is 0. The van der Waals surface area contributed by atoms with Gasteiger partial charge in [0, 0.05) is 6.42 Å². The molecule has 1 heterocycles. The van der Waals surface area contributed by atoms with E-state index in [0.717, 1.165) is 19.2 Å². The second-order valence-electron chi connectivity index (χ2n) is 6.28. The Labute approximate surface area is 167 Å². The second-order valence-corrected chi connectivity index (χ2v) is 9.90. The summed E-state index contributed by atoms with van der Waals surface area (Å²) in [6.45, 7) is 0.929. The summed E-state index contributed by atoms with van der Waals surface area (Å²) in [7, 11) is -1.65. The summed E-state index contributed by atoms with van der Waals surface area (Å²) in [5, 5.41) is 4.38. The fourth-order valence-electron chi connectivity index (χ4n) is 3.45. The van der Waals surface area contributed by atoms with Crippen LogP contribution in [0.1, 0.15) is 6.42 Å². The molecule has 0 saturated carbocycles. The van der Waals surface area contributed by atoms with Gasteiger partial charge in [-0.15, -0.1) is 0 Å². The first-order valence-corrected chi connectivity index (χ1v) is 10.5. The first-order valence-electron chi connectivity index (χ1n) is 8.56. The van der Waals surface area contributed by atoms with Gasteiger partial charge in [-0.05, 0) is 36.4 Å². The van der Waals surface area contributed by atoms with Crippen molar-refractivity contribution in [2.45, 2.75) is 12.5 Å². The third kappa shape index (κ3) is 3.97. The average molecular weight is 460 g/mol. The van der Waals surface area contributed by atoms with E-state index in [0.29, 0.717) is 6.10 Å². The molecule has 0 aromatic heterocycles. The van der Waals surface area contributed by atoms with Crippen molar-refractivity contribution in [1.29, 1.82) is 0 Å². The first-order chi connectivity index (χ1) is 11.9. The smallest absolute Gasteiger partial charge is 0.112 e. The van der Waals surface area contributed by atoms with E-state index in [1.807, 2.05) is 0 Å². The highest BCUT2D eigenvalue weighted by Crippen LogP contribution is 2.56. The standard InChI is InChI=1S/C22H22OP.HI/c1-4-10-20(11-5-1)24(17-16-19-18-23-19,21-12-6-2-7-13-21)22-14-8-3-9-15-22;/h1-15,19H,16-18H2;1H/q+1;/p-1. The lowest BCUT2D eigenvalue weighted by Crippen LogP contribution is -3.00. The van der Waals surface area contributed by atoms with Gasteiger partial charge in [-0.2, -0.15) is 0 Å². The maximum absolute atomic E-state index is 5.53. The van der Waals surface area contributed by atoms with Gasteiger partial charge in [0.2, 0.25) is 0 Å². The zero-order valence-corrected chi connectivity index (χ0v) is 17.1. The van der Waals surface area contributed by atoms with Gasteiger partial charge in [-0.3, -0.25) is 0 Å². The van der Waals surface area contributed by atoms with Crippen molar-refractivity contribution < 1.29 is 28.7 Å². The van der Waals surface area contributed by atoms with Crippen molar-refractivity contribution >= 4 is 23.2 Å². The molecule has 4 rings (SSSR count). The Morgan fingerprint density at radius 3 is 1.36 bits per heavy atom. The molecule has 0 spiro atoms. The fraction of sp³-hybridized carbons (Fsp3) is 0.182. The molecule has 128 valence electrons. The van der Waals surface area contributed by atoms with Crippen LogP contribution in [-0.4, -0.2) is 18.9 Å². The highest BCUT2D eigenvalue weighted by atomic mass is 127. The van der Waals surface area contributed by atoms with E-state index in [-0.39, 0.29) is 24.0 Å². The molecule has 0 amide bonds. The van der Waals surface area contributed by atoms with Crippen LogP contribution in [0.25, 0.3) is 0 Å². The Balaban J connectivity index is 0.00000182. The van der Waals surface area contributed by atoms with Crippen LogP contribution in [0, 0.1) is 0 Å². The van der Waals surface area contributed by atoms with Crippen LogP contribution >= 0.6 is 7.26 Å². The summed E-state index contributed by atoms with van der Waals surface area (Å²) in [5.41, 5.74) is 0. The summed E-state index contributed by atoms with van der Waals surface area (Å²) in [6, 6.07) is 33.2. The quantitative estimate of drug-likeness (QED) is 0.301. The van der Waals surface area contributed by atoms with E-state index in [9.17, 15) is 0 Å². The van der Waals surface area contributed by atoms with Crippen molar-refractivity contribution in [3.05, 3.63) is 91.0 Å². The van der Waals surface area contributed by atoms with Crippen LogP contribution in [0.15, 0.2) is 91.0 Å². The zero-order valence-electron chi connectivity index (χ0n) is 14.1. The highest BCUT2D eigenvalue weighted by molar-refractivity contribution is 7.95. The highest BCUT2D eigenvalue weighted by Gasteiger charge is 2.46. The van der Waals surface area contributed by atoms with Gasteiger partial charge >= 0.3 is 0 Å². The summed E-state index contributed by atoms with van der Waals surface area (Å²) in [5.74, 6) is 0. The maximum atomic E-state index is 5.53. The molecule has 0 aliphatic carbocycles. The minimum atomic E-state index is -1.65. The Kier molecular flexibility index (Phi) is 6.27. The van der Waals surface area contributed by atoms with Crippen molar-refractivity contribution in [2.24, 2.45) is 0 Å². The summed E-state index contributed by atoms with van der Waals surface area (Å²) < 4.78 is 5.53. The molecular weight excluding hydrogens is 438 g/mol. The predicted octanol–water partition coefficient (Wildman–Crippen LogP) is 0.773. The Morgan fingerprint density at radius 2 is 1.04 bits per heavy atom. The van der Waals surface area contributed by atoms with Crippen LogP contribution < -0.4 is 39.9 Å². The van der Waals surface area contributed by atoms with Crippen LogP contribution in [0.5, 0.6) is 0 Å². The molecule has 1 unspecified atom stereocenters. The third-order valence-electron chi connectivity index (χ3n) is 4.78. The van der Waals surface area contributed by atoms with Gasteiger partial charge in [0.15, 0.2) is 0 Å². The van der Waals surface area contributed by atoms with Gasteiger partial charge in [-0.25, -0.2) is 0 Å². The van der Waals surface area contributed by atoms with E-state index >= 15 is 0 Å². The number of rotatable bonds is 6. The number of ether oxygens (including phenoxy) is 1. The molecule has 3 aromatic rings. The maximum Gasteiger partial charge on any atom is 0.112 e. The largest absolute Gasteiger partial charge is 1.00 e. The van der Waals surface area contributed by atoms with Gasteiger partial charge in [-0.1, -0.05) is 54.6 Å². The lowest BCUT2D eigenvalue weighted by atomic mass is 10.3. The van der Waals surface area contributed by atoms with E-state index in [1.54, 1.807) is 0 Å². The van der Waals surface area contributed by atoms with E-state index in [2.05, 4.69) is 91.0 Å². The topological polar surface area (TPSA) is 12.5 Å². The van der Waals surface area contributed by atoms with Gasteiger partial charge in [0.25, 0.3) is 0 Å². The summed E-state index contributed by atoms with van der Waals surface area (Å²) >= 11 is 0. The zero-order chi connectivity index (χ0) is 16.2. The molecule has 0 radical (unpaired) electrons. The lowest BCUT2D eigenvalue weighted by Gasteiger charge is -2.27. The Bertz CT molecular complexity index is 676. The average Bonchev–Trinajstić information content (AvgIpc) is 3.50. The summed E-state index contributed by atoms with van der Waals surface area (Å²) in [4.78, 5) is 0. The number of hydrogen-bond acceptors (Lipinski definition) is 1. The van der Waals surface area contributed by atoms with E-state index < -0.39 is 7.26 Å². The monoisotopic (exact) mass is 460 g/mol. The molecular formula is C22H22IOP. The minimum Gasteiger partial charge on any atom is -1.00 e. The van der Waals surface area contributed by atoms with Gasteiger partial charge in [0.05, 0.1) is 18.9 Å². The van der Waals surface area contributed by atoms with Crippen LogP contribution in [0.4, 0.5) is 0 Å². The number of epoxide rings is 1.